The average molecular weight is 595 g/mol. The first-order valence-corrected chi connectivity index (χ1v) is 14.4. The number of hydrazone groups is 1. The molecule has 1 aromatic heterocycles. The summed E-state index contributed by atoms with van der Waals surface area (Å²) in [5.74, 6) is 0.121. The number of aromatic nitrogens is 1. The van der Waals surface area contributed by atoms with E-state index in [2.05, 4.69) is 10.5 Å². The van der Waals surface area contributed by atoms with Crippen molar-refractivity contribution in [3.05, 3.63) is 100 Å². The summed E-state index contributed by atoms with van der Waals surface area (Å²) in [6.07, 6.45) is 1.53. The third kappa shape index (κ3) is 6.55. The van der Waals surface area contributed by atoms with Gasteiger partial charge < -0.3 is 14.0 Å². The molecule has 1 heterocycles. The van der Waals surface area contributed by atoms with Crippen LogP contribution in [0.15, 0.2) is 82.8 Å². The van der Waals surface area contributed by atoms with Crippen LogP contribution in [-0.4, -0.2) is 45.9 Å². The van der Waals surface area contributed by atoms with Gasteiger partial charge in [-0.2, -0.15) is 5.10 Å². The maximum atomic E-state index is 13.7. The lowest BCUT2D eigenvalue weighted by Gasteiger charge is -2.24. The van der Waals surface area contributed by atoms with Crippen molar-refractivity contribution in [2.75, 3.05) is 25.1 Å². The normalized spacial score (nSPS) is 11.5. The molecule has 0 aliphatic heterocycles. The zero-order chi connectivity index (χ0) is 29.7. The molecule has 4 rings (SSSR count). The fourth-order valence-electron chi connectivity index (χ4n) is 4.38. The number of carbonyl (C=O) groups excluding carboxylic acids is 1. The van der Waals surface area contributed by atoms with Gasteiger partial charge in [0.05, 0.1) is 31.0 Å². The summed E-state index contributed by atoms with van der Waals surface area (Å²) in [4.78, 5) is 13.1. The molecule has 0 atom stereocenters. The first kappa shape index (κ1) is 29.7. The predicted octanol–water partition coefficient (Wildman–Crippen LogP) is 5.42. The Morgan fingerprint density at radius 3 is 2.24 bits per heavy atom. The number of hydrogen-bond acceptors (Lipinski definition) is 6. The molecule has 0 fully saturated rings. The maximum absolute atomic E-state index is 13.7. The maximum Gasteiger partial charge on any atom is 0.264 e. The first-order valence-electron chi connectivity index (χ1n) is 12.6. The molecule has 11 heteroatoms. The van der Waals surface area contributed by atoms with Crippen molar-refractivity contribution in [2.24, 2.45) is 5.10 Å². The fourth-order valence-corrected chi connectivity index (χ4v) is 5.92. The second-order valence-electron chi connectivity index (χ2n) is 9.30. The Morgan fingerprint density at radius 1 is 0.951 bits per heavy atom. The minimum atomic E-state index is -4.12. The smallest absolute Gasteiger partial charge is 0.264 e. The number of halogens is 1. The van der Waals surface area contributed by atoms with Crippen LogP contribution in [-0.2, 0) is 14.8 Å². The Morgan fingerprint density at radius 2 is 1.61 bits per heavy atom. The minimum Gasteiger partial charge on any atom is -0.493 e. The SMILES string of the molecule is COc1ccc(N(CC(=O)N/N=C\c2cc(C)n(-c3ccc(Cl)cc3)c2C)S(=O)(=O)c2ccc(C)cc2)cc1OC. The Kier molecular flexibility index (Phi) is 9.05. The van der Waals surface area contributed by atoms with Crippen LogP contribution >= 0.6 is 11.6 Å². The van der Waals surface area contributed by atoms with E-state index in [9.17, 15) is 13.2 Å². The minimum absolute atomic E-state index is 0.0452. The van der Waals surface area contributed by atoms with E-state index in [1.54, 1.807) is 24.3 Å². The van der Waals surface area contributed by atoms with E-state index in [1.807, 2.05) is 55.7 Å². The number of rotatable bonds is 10. The molecule has 214 valence electrons. The van der Waals surface area contributed by atoms with Crippen molar-refractivity contribution in [3.63, 3.8) is 0 Å². The summed E-state index contributed by atoms with van der Waals surface area (Å²) in [5.41, 5.74) is 7.22. The quantitative estimate of drug-likeness (QED) is 0.195. The Hall–Kier alpha value is -4.28. The van der Waals surface area contributed by atoms with Gasteiger partial charge in [-0.3, -0.25) is 9.10 Å². The van der Waals surface area contributed by atoms with Crippen LogP contribution in [0.2, 0.25) is 5.02 Å². The molecule has 1 amide bonds. The van der Waals surface area contributed by atoms with Crippen LogP contribution in [0.4, 0.5) is 5.69 Å². The van der Waals surface area contributed by atoms with Crippen molar-refractivity contribution >= 4 is 39.4 Å². The Balaban J connectivity index is 1.59. The number of aryl methyl sites for hydroxylation is 2. The van der Waals surface area contributed by atoms with Crippen LogP contribution in [0.3, 0.4) is 0 Å². The van der Waals surface area contributed by atoms with Gasteiger partial charge in [0.2, 0.25) is 0 Å². The van der Waals surface area contributed by atoms with E-state index in [4.69, 9.17) is 21.1 Å². The molecule has 0 unspecified atom stereocenters. The number of ether oxygens (including phenoxy) is 2. The molecular weight excluding hydrogens is 564 g/mol. The van der Waals surface area contributed by atoms with Crippen LogP contribution < -0.4 is 19.2 Å². The second kappa shape index (κ2) is 12.5. The monoisotopic (exact) mass is 594 g/mol. The van der Waals surface area contributed by atoms with Gasteiger partial charge in [-0.05, 0) is 75.4 Å². The number of anilines is 1. The van der Waals surface area contributed by atoms with E-state index in [0.717, 1.165) is 32.5 Å². The molecule has 0 saturated heterocycles. The van der Waals surface area contributed by atoms with Gasteiger partial charge in [0.1, 0.15) is 6.54 Å². The highest BCUT2D eigenvalue weighted by Crippen LogP contribution is 2.33. The van der Waals surface area contributed by atoms with Gasteiger partial charge in [-0.15, -0.1) is 0 Å². The largest absolute Gasteiger partial charge is 0.493 e. The summed E-state index contributed by atoms with van der Waals surface area (Å²) in [6, 6.07) is 20.5. The molecule has 0 saturated carbocycles. The number of carbonyl (C=O) groups is 1. The summed E-state index contributed by atoms with van der Waals surface area (Å²) >= 11 is 6.03. The standard InChI is InChI=1S/C30H31ClN4O5S/c1-20-6-13-27(14-7-20)41(37,38)34(26-12-15-28(39-4)29(17-26)40-5)19-30(36)33-32-18-23-16-21(2)35(22(23)3)25-10-8-24(31)9-11-25/h6-18H,19H2,1-5H3,(H,33,36)/b32-18-. The zero-order valence-corrected chi connectivity index (χ0v) is 25.0. The molecule has 9 nitrogen and oxygen atoms in total. The molecule has 0 radical (unpaired) electrons. The lowest BCUT2D eigenvalue weighted by Crippen LogP contribution is -2.39. The molecule has 4 aromatic rings. The van der Waals surface area contributed by atoms with E-state index < -0.39 is 22.5 Å². The highest BCUT2D eigenvalue weighted by molar-refractivity contribution is 7.92. The zero-order valence-electron chi connectivity index (χ0n) is 23.4. The summed E-state index contributed by atoms with van der Waals surface area (Å²) < 4.78 is 41.1. The number of amides is 1. The number of benzene rings is 3. The summed E-state index contributed by atoms with van der Waals surface area (Å²) in [5, 5.41) is 4.76. The molecule has 41 heavy (non-hydrogen) atoms. The van der Waals surface area contributed by atoms with E-state index in [1.165, 1.54) is 38.6 Å². The van der Waals surface area contributed by atoms with E-state index in [0.29, 0.717) is 16.5 Å². The Bertz CT molecular complexity index is 1680. The van der Waals surface area contributed by atoms with Crippen molar-refractivity contribution in [3.8, 4) is 17.2 Å². The van der Waals surface area contributed by atoms with Crippen molar-refractivity contribution in [1.29, 1.82) is 0 Å². The lowest BCUT2D eigenvalue weighted by molar-refractivity contribution is -0.119. The van der Waals surface area contributed by atoms with Gasteiger partial charge in [0.15, 0.2) is 11.5 Å². The molecule has 3 aromatic carbocycles. The average Bonchev–Trinajstić information content (AvgIpc) is 3.24. The number of sulfonamides is 1. The third-order valence-corrected chi connectivity index (χ3v) is 8.54. The van der Waals surface area contributed by atoms with Gasteiger partial charge in [0, 0.05) is 33.7 Å². The van der Waals surface area contributed by atoms with Gasteiger partial charge in [-0.25, -0.2) is 13.8 Å². The van der Waals surface area contributed by atoms with Crippen LogP contribution in [0.25, 0.3) is 5.69 Å². The molecular formula is C30H31ClN4O5S. The topological polar surface area (TPSA) is 102 Å². The first-order chi connectivity index (χ1) is 19.5. The van der Waals surface area contributed by atoms with Gasteiger partial charge in [-0.1, -0.05) is 29.3 Å². The van der Waals surface area contributed by atoms with Crippen molar-refractivity contribution in [2.45, 2.75) is 25.7 Å². The fraction of sp³-hybridized carbons (Fsp3) is 0.200. The third-order valence-electron chi connectivity index (χ3n) is 6.50. The Labute approximate surface area is 245 Å². The second-order valence-corrected chi connectivity index (χ2v) is 11.6. The number of methoxy groups -OCH3 is 2. The van der Waals surface area contributed by atoms with E-state index >= 15 is 0 Å². The molecule has 0 bridgehead atoms. The molecule has 0 aliphatic rings. The van der Waals surface area contributed by atoms with Gasteiger partial charge in [0.25, 0.3) is 15.9 Å². The molecule has 0 spiro atoms. The number of nitrogens with one attached hydrogen (secondary N) is 1. The van der Waals surface area contributed by atoms with Gasteiger partial charge >= 0.3 is 0 Å². The number of nitrogens with zero attached hydrogens (tertiary/aromatic N) is 3. The van der Waals surface area contributed by atoms with Crippen molar-refractivity contribution in [1.82, 2.24) is 9.99 Å². The van der Waals surface area contributed by atoms with E-state index in [-0.39, 0.29) is 10.6 Å². The highest BCUT2D eigenvalue weighted by atomic mass is 35.5. The lowest BCUT2D eigenvalue weighted by atomic mass is 10.2. The van der Waals surface area contributed by atoms with Crippen molar-refractivity contribution < 1.29 is 22.7 Å². The van der Waals surface area contributed by atoms with Crippen LogP contribution in [0.5, 0.6) is 11.5 Å². The predicted molar refractivity (Wildman–Crippen MR) is 161 cm³/mol. The highest BCUT2D eigenvalue weighted by Gasteiger charge is 2.28. The molecule has 0 aliphatic carbocycles. The number of hydrogen-bond donors (Lipinski definition) is 1. The summed E-state index contributed by atoms with van der Waals surface area (Å²) in [7, 11) is -1.19. The van der Waals surface area contributed by atoms with Crippen LogP contribution in [0.1, 0.15) is 22.5 Å². The molecule has 1 N–H and O–H groups in total. The summed E-state index contributed by atoms with van der Waals surface area (Å²) in [6.45, 7) is 5.25. The van der Waals surface area contributed by atoms with Crippen LogP contribution in [0, 0.1) is 20.8 Å².